The average molecular weight is 261 g/mol. The van der Waals surface area contributed by atoms with Crippen LogP contribution < -0.4 is 5.73 Å². The van der Waals surface area contributed by atoms with Crippen molar-refractivity contribution >= 4 is 47.2 Å². The molecule has 2 N–H and O–H groups in total. The predicted octanol–water partition coefficient (Wildman–Crippen LogP) is 3.48. The summed E-state index contributed by atoms with van der Waals surface area (Å²) in [4.78, 5) is 0. The maximum atomic E-state index is 5.68. The Balaban J connectivity index is 0.00000144. The molecule has 0 heterocycles. The van der Waals surface area contributed by atoms with Crippen molar-refractivity contribution in [3.05, 3.63) is 35.9 Å². The Labute approximate surface area is 98.6 Å². The van der Waals surface area contributed by atoms with Gasteiger partial charge in [0.1, 0.15) is 0 Å². The second-order valence-electron chi connectivity index (χ2n) is 2.43. The Hall–Kier alpha value is 0.340. The summed E-state index contributed by atoms with van der Waals surface area (Å²) in [5.41, 5.74) is 6.49. The Morgan fingerprint density at radius 3 is 1.92 bits per heavy atom. The molecule has 5 heteroatoms. The van der Waals surface area contributed by atoms with Crippen LogP contribution in [0.3, 0.4) is 0 Å². The van der Waals surface area contributed by atoms with Crippen molar-refractivity contribution in [1.82, 2.24) is 0 Å². The quantitative estimate of drug-likeness (QED) is 0.769. The Morgan fingerprint density at radius 1 is 1.08 bits per heavy atom. The standard InChI is InChI=1S/C8H8Cl3N.ClH/c9-8(10,11)7(12)6-4-2-1-3-5-6;/h1-5,7H,12H2;1H. The van der Waals surface area contributed by atoms with Gasteiger partial charge in [-0.2, -0.15) is 0 Å². The molecule has 0 spiro atoms. The summed E-state index contributed by atoms with van der Waals surface area (Å²) < 4.78 is -1.44. The van der Waals surface area contributed by atoms with Gasteiger partial charge in [-0.1, -0.05) is 65.1 Å². The largest absolute Gasteiger partial charge is 0.320 e. The molecule has 0 aromatic heterocycles. The summed E-state index contributed by atoms with van der Waals surface area (Å²) in [7, 11) is 0. The number of hydrogen-bond donors (Lipinski definition) is 1. The highest BCUT2D eigenvalue weighted by Gasteiger charge is 2.30. The first-order valence-electron chi connectivity index (χ1n) is 3.39. The van der Waals surface area contributed by atoms with Gasteiger partial charge in [0.2, 0.25) is 3.79 Å². The highest BCUT2D eigenvalue weighted by Crippen LogP contribution is 2.37. The number of halogens is 4. The van der Waals surface area contributed by atoms with Gasteiger partial charge in [0, 0.05) is 0 Å². The molecule has 0 radical (unpaired) electrons. The van der Waals surface area contributed by atoms with Crippen molar-refractivity contribution in [2.75, 3.05) is 0 Å². The number of hydrogen-bond acceptors (Lipinski definition) is 1. The zero-order valence-corrected chi connectivity index (χ0v) is 9.67. The molecule has 1 aromatic rings. The van der Waals surface area contributed by atoms with Gasteiger partial charge in [0.05, 0.1) is 6.04 Å². The summed E-state index contributed by atoms with van der Waals surface area (Å²) in [6, 6.07) is 8.66. The van der Waals surface area contributed by atoms with Crippen LogP contribution in [0.25, 0.3) is 0 Å². The van der Waals surface area contributed by atoms with Gasteiger partial charge in [0.15, 0.2) is 0 Å². The van der Waals surface area contributed by atoms with Crippen molar-refractivity contribution in [2.45, 2.75) is 9.83 Å². The highest BCUT2D eigenvalue weighted by atomic mass is 35.6. The van der Waals surface area contributed by atoms with Crippen molar-refractivity contribution < 1.29 is 0 Å². The molecule has 1 unspecified atom stereocenters. The molecule has 0 fully saturated rings. The molecule has 1 aromatic carbocycles. The van der Waals surface area contributed by atoms with Crippen LogP contribution in [0.2, 0.25) is 0 Å². The van der Waals surface area contributed by atoms with E-state index in [2.05, 4.69) is 0 Å². The fourth-order valence-corrected chi connectivity index (χ4v) is 1.23. The van der Waals surface area contributed by atoms with Crippen molar-refractivity contribution in [3.8, 4) is 0 Å². The van der Waals surface area contributed by atoms with Gasteiger partial charge in [-0.3, -0.25) is 0 Å². The monoisotopic (exact) mass is 259 g/mol. The predicted molar refractivity (Wildman–Crippen MR) is 60.9 cm³/mol. The second-order valence-corrected chi connectivity index (χ2v) is 4.80. The van der Waals surface area contributed by atoms with E-state index in [0.29, 0.717) is 0 Å². The van der Waals surface area contributed by atoms with Crippen molar-refractivity contribution in [1.29, 1.82) is 0 Å². The molecular formula is C8H9Cl4N. The Bertz CT molecular complexity index is 244. The number of rotatable bonds is 1. The Kier molecular flexibility index (Phi) is 5.42. The topological polar surface area (TPSA) is 26.0 Å². The summed E-state index contributed by atoms with van der Waals surface area (Å²) >= 11 is 16.9. The van der Waals surface area contributed by atoms with Crippen LogP contribution >= 0.6 is 47.2 Å². The zero-order valence-electron chi connectivity index (χ0n) is 6.58. The molecule has 0 bridgehead atoms. The van der Waals surface area contributed by atoms with Crippen LogP contribution in [-0.4, -0.2) is 3.79 Å². The fraction of sp³-hybridized carbons (Fsp3) is 0.250. The minimum absolute atomic E-state index is 0. The van der Waals surface area contributed by atoms with E-state index in [-0.39, 0.29) is 12.4 Å². The van der Waals surface area contributed by atoms with E-state index in [1.54, 1.807) is 0 Å². The molecule has 1 rings (SSSR count). The van der Waals surface area contributed by atoms with Crippen molar-refractivity contribution in [2.24, 2.45) is 5.73 Å². The molecule has 0 aliphatic carbocycles. The van der Waals surface area contributed by atoms with E-state index in [9.17, 15) is 0 Å². The van der Waals surface area contributed by atoms with Gasteiger partial charge in [0.25, 0.3) is 0 Å². The van der Waals surface area contributed by atoms with Gasteiger partial charge < -0.3 is 5.73 Å². The van der Waals surface area contributed by atoms with E-state index >= 15 is 0 Å². The summed E-state index contributed by atoms with van der Waals surface area (Å²) in [6.45, 7) is 0. The molecule has 1 nitrogen and oxygen atoms in total. The van der Waals surface area contributed by atoms with Crippen molar-refractivity contribution in [3.63, 3.8) is 0 Å². The maximum absolute atomic E-state index is 5.68. The van der Waals surface area contributed by atoms with Crippen LogP contribution in [0.1, 0.15) is 11.6 Å². The first-order valence-corrected chi connectivity index (χ1v) is 4.52. The van der Waals surface area contributed by atoms with E-state index in [1.165, 1.54) is 0 Å². The molecule has 13 heavy (non-hydrogen) atoms. The summed E-state index contributed by atoms with van der Waals surface area (Å²) in [5.74, 6) is 0. The third-order valence-electron chi connectivity index (χ3n) is 1.51. The van der Waals surface area contributed by atoms with Crippen LogP contribution in [0.4, 0.5) is 0 Å². The average Bonchev–Trinajstić information content (AvgIpc) is 2.03. The van der Waals surface area contributed by atoms with E-state index in [0.717, 1.165) is 5.56 Å². The fourth-order valence-electron chi connectivity index (χ4n) is 0.849. The van der Waals surface area contributed by atoms with E-state index in [1.807, 2.05) is 30.3 Å². The van der Waals surface area contributed by atoms with Gasteiger partial charge in [-0.15, -0.1) is 12.4 Å². The first kappa shape index (κ1) is 13.3. The lowest BCUT2D eigenvalue weighted by Crippen LogP contribution is -2.25. The van der Waals surface area contributed by atoms with Crippen LogP contribution in [0.5, 0.6) is 0 Å². The SMILES string of the molecule is Cl.NC(c1ccccc1)C(Cl)(Cl)Cl. The third kappa shape index (κ3) is 3.92. The molecule has 0 saturated carbocycles. The molecule has 0 aliphatic rings. The van der Waals surface area contributed by atoms with E-state index in [4.69, 9.17) is 40.5 Å². The lowest BCUT2D eigenvalue weighted by molar-refractivity contribution is 0.748. The van der Waals surface area contributed by atoms with Gasteiger partial charge in [-0.25, -0.2) is 0 Å². The molecule has 0 amide bonds. The summed E-state index contributed by atoms with van der Waals surface area (Å²) in [5, 5.41) is 0. The minimum atomic E-state index is -1.44. The van der Waals surface area contributed by atoms with Gasteiger partial charge in [-0.05, 0) is 5.56 Å². The molecule has 0 aliphatic heterocycles. The lowest BCUT2D eigenvalue weighted by Gasteiger charge is -2.19. The summed E-state index contributed by atoms with van der Waals surface area (Å²) in [6.07, 6.45) is 0. The molecular weight excluding hydrogens is 252 g/mol. The third-order valence-corrected chi connectivity index (χ3v) is 2.22. The van der Waals surface area contributed by atoms with Crippen LogP contribution in [0.15, 0.2) is 30.3 Å². The second kappa shape index (κ2) is 5.28. The van der Waals surface area contributed by atoms with Crippen LogP contribution in [0, 0.1) is 0 Å². The molecule has 0 saturated heterocycles. The zero-order chi connectivity index (χ0) is 9.19. The van der Waals surface area contributed by atoms with Crippen LogP contribution in [-0.2, 0) is 0 Å². The number of nitrogens with two attached hydrogens (primary N) is 1. The number of alkyl halides is 3. The first-order chi connectivity index (χ1) is 5.52. The Morgan fingerprint density at radius 2 is 1.54 bits per heavy atom. The number of benzene rings is 1. The smallest absolute Gasteiger partial charge is 0.209 e. The normalized spacial score (nSPS) is 13.2. The molecule has 74 valence electrons. The minimum Gasteiger partial charge on any atom is -0.320 e. The maximum Gasteiger partial charge on any atom is 0.209 e. The molecule has 1 atom stereocenters. The highest BCUT2D eigenvalue weighted by molar-refractivity contribution is 6.68. The van der Waals surface area contributed by atoms with Gasteiger partial charge >= 0.3 is 0 Å². The lowest BCUT2D eigenvalue weighted by atomic mass is 10.1. The van der Waals surface area contributed by atoms with E-state index < -0.39 is 9.83 Å².